The molecule has 20 heavy (non-hydrogen) atoms. The van der Waals surface area contributed by atoms with Crippen molar-refractivity contribution in [1.29, 1.82) is 0 Å². The van der Waals surface area contributed by atoms with Crippen LogP contribution < -0.4 is 11.1 Å². The first-order chi connectivity index (χ1) is 9.60. The molecule has 1 aromatic carbocycles. The van der Waals surface area contributed by atoms with E-state index in [9.17, 15) is 4.79 Å². The van der Waals surface area contributed by atoms with E-state index < -0.39 is 0 Å². The Morgan fingerprint density at radius 1 is 1.45 bits per heavy atom. The second kappa shape index (κ2) is 6.11. The summed E-state index contributed by atoms with van der Waals surface area (Å²) in [5.41, 5.74) is 8.38. The van der Waals surface area contributed by atoms with Crippen LogP contribution in [0.25, 0.3) is 0 Å². The molecule has 1 fully saturated rings. The molecule has 1 aliphatic rings. The summed E-state index contributed by atoms with van der Waals surface area (Å²) in [5.74, 6) is 5.85. The van der Waals surface area contributed by atoms with E-state index in [0.717, 1.165) is 24.1 Å². The molecule has 0 aliphatic heterocycles. The third-order valence-corrected chi connectivity index (χ3v) is 4.14. The highest BCUT2D eigenvalue weighted by molar-refractivity contribution is 5.94. The normalized spacial score (nSPS) is 15.2. The summed E-state index contributed by atoms with van der Waals surface area (Å²) in [5, 5.41) is 3.05. The van der Waals surface area contributed by atoms with E-state index >= 15 is 0 Å². The minimum atomic E-state index is 0.00570. The average Bonchev–Trinajstić information content (AvgIpc) is 3.24. The number of nitrogens with two attached hydrogens (primary N) is 1. The molecule has 0 radical (unpaired) electrons. The lowest BCUT2D eigenvalue weighted by Crippen LogP contribution is -2.30. The molecular weight excluding hydrogens is 248 g/mol. The van der Waals surface area contributed by atoms with Crippen molar-refractivity contribution >= 4 is 5.91 Å². The summed E-state index contributed by atoms with van der Waals surface area (Å²) in [7, 11) is 0. The summed E-state index contributed by atoms with van der Waals surface area (Å²) in [6, 6.07) is 5.61. The third-order valence-electron chi connectivity index (χ3n) is 4.14. The van der Waals surface area contributed by atoms with Crippen LogP contribution in [-0.2, 0) is 0 Å². The van der Waals surface area contributed by atoms with E-state index in [-0.39, 0.29) is 5.91 Å². The Labute approximate surface area is 120 Å². The number of hydrogen-bond acceptors (Lipinski definition) is 2. The maximum atomic E-state index is 12.1. The zero-order valence-electron chi connectivity index (χ0n) is 12.3. The molecule has 0 spiro atoms. The van der Waals surface area contributed by atoms with Crippen molar-refractivity contribution in [2.45, 2.75) is 33.1 Å². The molecule has 1 aromatic rings. The Morgan fingerprint density at radius 2 is 2.20 bits per heavy atom. The molecule has 1 amide bonds. The first kappa shape index (κ1) is 14.6. The van der Waals surface area contributed by atoms with E-state index in [1.54, 1.807) is 0 Å². The lowest BCUT2D eigenvalue weighted by Gasteiger charge is -2.13. The Morgan fingerprint density at radius 3 is 2.75 bits per heavy atom. The van der Waals surface area contributed by atoms with Crippen LogP contribution in [0, 0.1) is 24.2 Å². The number of hydrogen-bond donors (Lipinski definition) is 2. The van der Waals surface area contributed by atoms with E-state index in [2.05, 4.69) is 24.1 Å². The molecule has 3 N–H and O–H groups in total. The molecule has 0 atom stereocenters. The molecule has 1 aliphatic carbocycles. The highest BCUT2D eigenvalue weighted by Crippen LogP contribution is 2.47. The minimum Gasteiger partial charge on any atom is -0.351 e. The van der Waals surface area contributed by atoms with Gasteiger partial charge in [0.25, 0.3) is 5.91 Å². The summed E-state index contributed by atoms with van der Waals surface area (Å²) < 4.78 is 0. The van der Waals surface area contributed by atoms with Gasteiger partial charge in [-0.15, -0.1) is 0 Å². The molecule has 3 heteroatoms. The number of aryl methyl sites for hydroxylation is 1. The van der Waals surface area contributed by atoms with E-state index in [1.807, 2.05) is 25.1 Å². The van der Waals surface area contributed by atoms with Gasteiger partial charge in [0.2, 0.25) is 0 Å². The minimum absolute atomic E-state index is 0.00570. The highest BCUT2D eigenvalue weighted by Gasteiger charge is 2.40. The van der Waals surface area contributed by atoms with Crippen LogP contribution in [0.3, 0.4) is 0 Å². The Kier molecular flexibility index (Phi) is 4.46. The molecule has 0 bridgehead atoms. The fourth-order valence-corrected chi connectivity index (χ4v) is 2.29. The molecule has 0 saturated heterocycles. The first-order valence-electron chi connectivity index (χ1n) is 7.18. The van der Waals surface area contributed by atoms with Crippen LogP contribution in [0.1, 0.15) is 47.7 Å². The molecule has 106 valence electrons. The van der Waals surface area contributed by atoms with Crippen LogP contribution in [0.4, 0.5) is 0 Å². The predicted molar refractivity (Wildman–Crippen MR) is 81.4 cm³/mol. The lowest BCUT2D eigenvalue weighted by atomic mass is 10.0. The van der Waals surface area contributed by atoms with Crippen molar-refractivity contribution < 1.29 is 4.79 Å². The Balaban J connectivity index is 2.01. The van der Waals surface area contributed by atoms with Gasteiger partial charge in [-0.3, -0.25) is 4.79 Å². The van der Waals surface area contributed by atoms with E-state index in [1.165, 1.54) is 12.8 Å². The van der Waals surface area contributed by atoms with Gasteiger partial charge in [0.1, 0.15) is 0 Å². The number of carbonyl (C=O) groups is 1. The zero-order valence-corrected chi connectivity index (χ0v) is 12.3. The lowest BCUT2D eigenvalue weighted by molar-refractivity contribution is 0.0944. The standard InChI is InChI=1S/C17H22N2O/c1-3-17(8-9-17)12-19-16(20)15-7-6-14(5-4-10-18)13(2)11-15/h6-7,11H,3,8-10,12,18H2,1-2H3,(H,19,20). The number of nitrogens with one attached hydrogen (secondary N) is 1. The van der Waals surface area contributed by atoms with Gasteiger partial charge in [0.05, 0.1) is 6.54 Å². The zero-order chi connectivity index (χ0) is 14.6. The van der Waals surface area contributed by atoms with Crippen molar-refractivity contribution in [2.75, 3.05) is 13.1 Å². The first-order valence-corrected chi connectivity index (χ1v) is 7.18. The van der Waals surface area contributed by atoms with E-state index in [4.69, 9.17) is 5.73 Å². The van der Waals surface area contributed by atoms with Crippen LogP contribution in [-0.4, -0.2) is 19.0 Å². The largest absolute Gasteiger partial charge is 0.351 e. The maximum Gasteiger partial charge on any atom is 0.251 e. The number of rotatable bonds is 4. The molecule has 0 heterocycles. The van der Waals surface area contributed by atoms with Gasteiger partial charge < -0.3 is 11.1 Å². The van der Waals surface area contributed by atoms with Crippen LogP contribution >= 0.6 is 0 Å². The van der Waals surface area contributed by atoms with Crippen molar-refractivity contribution in [3.63, 3.8) is 0 Å². The van der Waals surface area contributed by atoms with Crippen molar-refractivity contribution in [2.24, 2.45) is 11.1 Å². The second-order valence-electron chi connectivity index (χ2n) is 5.57. The number of benzene rings is 1. The van der Waals surface area contributed by atoms with Gasteiger partial charge in [-0.1, -0.05) is 18.8 Å². The van der Waals surface area contributed by atoms with Crippen molar-refractivity contribution in [3.8, 4) is 11.8 Å². The molecule has 2 rings (SSSR count). The summed E-state index contributed by atoms with van der Waals surface area (Å²) in [6.45, 7) is 5.29. The number of carbonyl (C=O) groups excluding carboxylic acids is 1. The SMILES string of the molecule is CCC1(CNC(=O)c2ccc(C#CCN)c(C)c2)CC1. The van der Waals surface area contributed by atoms with Crippen LogP contribution in [0.15, 0.2) is 18.2 Å². The van der Waals surface area contributed by atoms with Gasteiger partial charge in [-0.2, -0.15) is 0 Å². The van der Waals surface area contributed by atoms with Crippen molar-refractivity contribution in [3.05, 3.63) is 34.9 Å². The monoisotopic (exact) mass is 270 g/mol. The molecule has 0 unspecified atom stereocenters. The van der Waals surface area contributed by atoms with Crippen molar-refractivity contribution in [1.82, 2.24) is 5.32 Å². The Bertz CT molecular complexity index is 562. The van der Waals surface area contributed by atoms with Crippen LogP contribution in [0.5, 0.6) is 0 Å². The third kappa shape index (κ3) is 3.40. The molecule has 3 nitrogen and oxygen atoms in total. The molecule has 0 aromatic heterocycles. The maximum absolute atomic E-state index is 12.1. The number of amides is 1. The predicted octanol–water partition coefficient (Wildman–Crippen LogP) is 2.23. The molecule has 1 saturated carbocycles. The summed E-state index contributed by atoms with van der Waals surface area (Å²) in [6.07, 6.45) is 3.60. The van der Waals surface area contributed by atoms with Gasteiger partial charge in [0.15, 0.2) is 0 Å². The molecular formula is C17H22N2O. The smallest absolute Gasteiger partial charge is 0.251 e. The van der Waals surface area contributed by atoms with Gasteiger partial charge >= 0.3 is 0 Å². The second-order valence-corrected chi connectivity index (χ2v) is 5.57. The topological polar surface area (TPSA) is 55.1 Å². The van der Waals surface area contributed by atoms with Gasteiger partial charge in [-0.25, -0.2) is 0 Å². The highest BCUT2D eigenvalue weighted by atomic mass is 16.1. The average molecular weight is 270 g/mol. The summed E-state index contributed by atoms with van der Waals surface area (Å²) >= 11 is 0. The quantitative estimate of drug-likeness (QED) is 0.824. The van der Waals surface area contributed by atoms with Gasteiger partial charge in [0, 0.05) is 17.7 Å². The fraction of sp³-hybridized carbons (Fsp3) is 0.471. The fourth-order valence-electron chi connectivity index (χ4n) is 2.29. The van der Waals surface area contributed by atoms with Crippen LogP contribution in [0.2, 0.25) is 0 Å². The van der Waals surface area contributed by atoms with Gasteiger partial charge in [-0.05, 0) is 55.4 Å². The summed E-state index contributed by atoms with van der Waals surface area (Å²) in [4.78, 5) is 12.1. The Hall–Kier alpha value is -1.79. The van der Waals surface area contributed by atoms with E-state index in [0.29, 0.717) is 17.5 Å².